The van der Waals surface area contributed by atoms with Gasteiger partial charge in [0, 0.05) is 57.9 Å². The number of piperidine rings is 1. The molecule has 1 N–H and O–H groups in total. The smallest absolute Gasteiger partial charge is 0.243 e. The van der Waals surface area contributed by atoms with Crippen molar-refractivity contribution in [2.24, 2.45) is 4.99 Å². The average molecular weight is 570 g/mol. The lowest BCUT2D eigenvalue weighted by molar-refractivity contribution is -0.127. The van der Waals surface area contributed by atoms with Crippen LogP contribution in [0.1, 0.15) is 29.7 Å². The maximum atomic E-state index is 12.0. The van der Waals surface area contributed by atoms with E-state index in [1.54, 1.807) is 30.3 Å². The highest BCUT2D eigenvalue weighted by Gasteiger charge is 2.12. The Bertz CT molecular complexity index is 833. The number of thiophene rings is 1. The van der Waals surface area contributed by atoms with Gasteiger partial charge in [-0.25, -0.2) is 4.99 Å². The number of likely N-dealkylation sites (N-methyl/N-ethyl adjacent to an activating group) is 1. The third kappa shape index (κ3) is 8.27. The number of hydrogen-bond donors (Lipinski definition) is 1. The van der Waals surface area contributed by atoms with Gasteiger partial charge in [-0.1, -0.05) is 18.2 Å². The predicted octanol–water partition coefficient (Wildman–Crippen LogP) is 4.06. The number of amides is 1. The van der Waals surface area contributed by atoms with E-state index in [1.807, 2.05) is 7.05 Å². The fourth-order valence-electron chi connectivity index (χ4n) is 3.66. The predicted molar refractivity (Wildman–Crippen MR) is 146 cm³/mol. The van der Waals surface area contributed by atoms with Crippen molar-refractivity contribution >= 4 is 52.9 Å². The summed E-state index contributed by atoms with van der Waals surface area (Å²) < 4.78 is 0. The molecule has 2 heterocycles. The Morgan fingerprint density at radius 1 is 1.09 bits per heavy atom. The van der Waals surface area contributed by atoms with Gasteiger partial charge in [0.2, 0.25) is 5.91 Å². The van der Waals surface area contributed by atoms with Crippen molar-refractivity contribution in [2.45, 2.75) is 32.2 Å². The molecular formula is C24H36IN5OS. The first-order chi connectivity index (χ1) is 15.0. The monoisotopic (exact) mass is 569 g/mol. The van der Waals surface area contributed by atoms with Crippen molar-refractivity contribution in [1.29, 1.82) is 0 Å². The van der Waals surface area contributed by atoms with Gasteiger partial charge < -0.3 is 20.0 Å². The molecule has 2 aromatic rings. The van der Waals surface area contributed by atoms with E-state index in [4.69, 9.17) is 0 Å². The molecule has 0 unspecified atom stereocenters. The molecule has 0 aliphatic carbocycles. The second kappa shape index (κ2) is 13.7. The first-order valence-electron chi connectivity index (χ1n) is 11.1. The minimum atomic E-state index is -0.00292. The molecule has 0 bridgehead atoms. The van der Waals surface area contributed by atoms with Gasteiger partial charge in [-0.3, -0.25) is 4.79 Å². The number of rotatable bonds is 8. The molecule has 3 rings (SSSR count). The number of guanidine groups is 1. The molecular weight excluding hydrogens is 533 g/mol. The lowest BCUT2D eigenvalue weighted by atomic mass is 10.1. The molecule has 1 aromatic heterocycles. The van der Waals surface area contributed by atoms with Gasteiger partial charge in [0.25, 0.3) is 0 Å². The molecule has 1 saturated heterocycles. The van der Waals surface area contributed by atoms with Crippen LogP contribution >= 0.6 is 35.3 Å². The van der Waals surface area contributed by atoms with Crippen LogP contribution in [0.2, 0.25) is 0 Å². The van der Waals surface area contributed by atoms with Gasteiger partial charge >= 0.3 is 0 Å². The van der Waals surface area contributed by atoms with E-state index in [9.17, 15) is 4.79 Å². The quantitative estimate of drug-likeness (QED) is 0.296. The summed E-state index contributed by atoms with van der Waals surface area (Å²) >= 11 is 1.76. The summed E-state index contributed by atoms with van der Waals surface area (Å²) in [6, 6.07) is 13.1. The first kappa shape index (κ1) is 26.4. The molecule has 176 valence electrons. The van der Waals surface area contributed by atoms with E-state index in [0.29, 0.717) is 0 Å². The normalized spacial score (nSPS) is 14.0. The van der Waals surface area contributed by atoms with E-state index in [2.05, 4.69) is 61.9 Å². The van der Waals surface area contributed by atoms with Gasteiger partial charge in [0.1, 0.15) is 6.54 Å². The highest BCUT2D eigenvalue weighted by molar-refractivity contribution is 14.0. The number of aliphatic imine (C=N–C) groups is 1. The van der Waals surface area contributed by atoms with Crippen LogP contribution in [-0.2, 0) is 17.8 Å². The number of halogens is 1. The van der Waals surface area contributed by atoms with E-state index >= 15 is 0 Å². The second-order valence-electron chi connectivity index (χ2n) is 8.25. The van der Waals surface area contributed by atoms with Crippen LogP contribution in [0, 0.1) is 0 Å². The number of carbonyl (C=O) groups is 1. The van der Waals surface area contributed by atoms with Crippen LogP contribution < -0.4 is 10.2 Å². The zero-order valence-corrected chi connectivity index (χ0v) is 22.6. The van der Waals surface area contributed by atoms with Crippen molar-refractivity contribution in [3.05, 3.63) is 52.2 Å². The van der Waals surface area contributed by atoms with Crippen molar-refractivity contribution < 1.29 is 4.79 Å². The Hall–Kier alpha value is -1.81. The SMILES string of the molecule is CN(C)C(=O)CN=C(NCCc1cccs1)N(C)Cc1ccc(N2CCCCC2)cc1.I. The molecule has 8 heteroatoms. The molecule has 0 atom stereocenters. The zero-order valence-electron chi connectivity index (χ0n) is 19.4. The van der Waals surface area contributed by atoms with Crippen LogP contribution in [0.4, 0.5) is 5.69 Å². The summed E-state index contributed by atoms with van der Waals surface area (Å²) in [6.45, 7) is 3.98. The molecule has 1 aliphatic rings. The first-order valence-corrected chi connectivity index (χ1v) is 12.0. The molecule has 32 heavy (non-hydrogen) atoms. The maximum Gasteiger partial charge on any atom is 0.243 e. The van der Waals surface area contributed by atoms with Gasteiger partial charge in [-0.15, -0.1) is 35.3 Å². The number of carbonyl (C=O) groups excluding carboxylic acids is 1. The Morgan fingerprint density at radius 2 is 1.81 bits per heavy atom. The van der Waals surface area contributed by atoms with Gasteiger partial charge in [-0.05, 0) is 54.8 Å². The lowest BCUT2D eigenvalue weighted by Gasteiger charge is -2.29. The second-order valence-corrected chi connectivity index (χ2v) is 9.29. The Kier molecular flexibility index (Phi) is 11.3. The molecule has 0 radical (unpaired) electrons. The number of benzene rings is 1. The summed E-state index contributed by atoms with van der Waals surface area (Å²) in [5.41, 5.74) is 2.54. The standard InChI is InChI=1S/C24H35N5OS.HI/c1-27(2)23(30)18-26-24(25-14-13-22-8-7-17-31-22)28(3)19-20-9-11-21(12-10-20)29-15-5-4-6-16-29;/h7-12,17H,4-6,13-16,18-19H2,1-3H3,(H,25,26);1H. The largest absolute Gasteiger partial charge is 0.372 e. The Morgan fingerprint density at radius 3 is 2.44 bits per heavy atom. The molecule has 6 nitrogen and oxygen atoms in total. The van der Waals surface area contributed by atoms with E-state index in [1.165, 1.54) is 35.4 Å². The topological polar surface area (TPSA) is 51.2 Å². The van der Waals surface area contributed by atoms with Crippen molar-refractivity contribution in [2.75, 3.05) is 52.2 Å². The van der Waals surface area contributed by atoms with Gasteiger partial charge in [0.05, 0.1) is 0 Å². The number of nitrogens with zero attached hydrogens (tertiary/aromatic N) is 4. The van der Waals surface area contributed by atoms with E-state index in [-0.39, 0.29) is 36.4 Å². The third-order valence-corrected chi connectivity index (χ3v) is 6.47. The third-order valence-electron chi connectivity index (χ3n) is 5.54. The van der Waals surface area contributed by atoms with Crippen molar-refractivity contribution in [3.8, 4) is 0 Å². The molecule has 0 saturated carbocycles. The van der Waals surface area contributed by atoms with E-state index in [0.717, 1.165) is 38.6 Å². The summed E-state index contributed by atoms with van der Waals surface area (Å²) in [7, 11) is 5.54. The van der Waals surface area contributed by atoms with Crippen molar-refractivity contribution in [1.82, 2.24) is 15.1 Å². The Balaban J connectivity index is 0.00000363. The molecule has 0 spiro atoms. The molecule has 1 aromatic carbocycles. The van der Waals surface area contributed by atoms with Crippen LogP contribution in [0.3, 0.4) is 0 Å². The minimum absolute atomic E-state index is 0. The number of anilines is 1. The minimum Gasteiger partial charge on any atom is -0.372 e. The van der Waals surface area contributed by atoms with Gasteiger partial charge in [0.15, 0.2) is 5.96 Å². The van der Waals surface area contributed by atoms with Crippen molar-refractivity contribution in [3.63, 3.8) is 0 Å². The fourth-order valence-corrected chi connectivity index (χ4v) is 4.37. The fraction of sp³-hybridized carbons (Fsp3) is 0.500. The molecule has 1 fully saturated rings. The van der Waals surface area contributed by atoms with E-state index < -0.39 is 0 Å². The Labute approximate surface area is 213 Å². The summed E-state index contributed by atoms with van der Waals surface area (Å²) in [5, 5.41) is 5.54. The number of nitrogens with one attached hydrogen (secondary N) is 1. The van der Waals surface area contributed by atoms with Gasteiger partial charge in [-0.2, -0.15) is 0 Å². The molecule has 1 aliphatic heterocycles. The average Bonchev–Trinajstić information content (AvgIpc) is 3.30. The maximum absolute atomic E-state index is 12.0. The van der Waals surface area contributed by atoms with Crippen LogP contribution in [0.5, 0.6) is 0 Å². The van der Waals surface area contributed by atoms with Crippen LogP contribution in [-0.4, -0.2) is 69.0 Å². The van der Waals surface area contributed by atoms with Crippen LogP contribution in [0.25, 0.3) is 0 Å². The summed E-state index contributed by atoms with van der Waals surface area (Å²) in [6.07, 6.45) is 4.86. The highest BCUT2D eigenvalue weighted by Crippen LogP contribution is 2.20. The van der Waals surface area contributed by atoms with Crippen LogP contribution in [0.15, 0.2) is 46.8 Å². The highest BCUT2D eigenvalue weighted by atomic mass is 127. The lowest BCUT2D eigenvalue weighted by Crippen LogP contribution is -2.40. The summed E-state index contributed by atoms with van der Waals surface area (Å²) in [5.74, 6) is 0.753. The molecule has 1 amide bonds. The number of hydrogen-bond acceptors (Lipinski definition) is 4. The zero-order chi connectivity index (χ0) is 22.1. The summed E-state index contributed by atoms with van der Waals surface area (Å²) in [4.78, 5) is 24.1.